The highest BCUT2D eigenvalue weighted by molar-refractivity contribution is 4.92. The van der Waals surface area contributed by atoms with Gasteiger partial charge in [-0.05, 0) is 44.8 Å². The van der Waals surface area contributed by atoms with Gasteiger partial charge in [0, 0.05) is 13.1 Å². The number of hydrogen-bond donors (Lipinski definition) is 1. The van der Waals surface area contributed by atoms with Crippen molar-refractivity contribution < 1.29 is 0 Å². The average Bonchev–Trinajstić information content (AvgIpc) is 2.37. The summed E-state index contributed by atoms with van der Waals surface area (Å²) in [4.78, 5) is 2.48. The molecule has 1 atom stereocenters. The Morgan fingerprint density at radius 2 is 2.27 bits per heavy atom. The first-order valence-electron chi connectivity index (χ1n) is 4.70. The molecule has 2 nitrogen and oxygen atoms in total. The fourth-order valence-corrected chi connectivity index (χ4v) is 2.60. The summed E-state index contributed by atoms with van der Waals surface area (Å²) in [6, 6.07) is 0. The molecule has 2 saturated heterocycles. The molecule has 1 spiro atoms. The summed E-state index contributed by atoms with van der Waals surface area (Å²) in [6.07, 6.45) is 4.25. The fraction of sp³-hybridized carbons (Fsp3) is 1.00. The summed E-state index contributed by atoms with van der Waals surface area (Å²) >= 11 is 0. The van der Waals surface area contributed by atoms with Gasteiger partial charge in [0.1, 0.15) is 0 Å². The van der Waals surface area contributed by atoms with Crippen LogP contribution in [0.1, 0.15) is 19.3 Å². The van der Waals surface area contributed by atoms with Gasteiger partial charge in [0.2, 0.25) is 0 Å². The minimum atomic E-state index is 0.660. The van der Waals surface area contributed by atoms with Crippen LogP contribution in [0.2, 0.25) is 0 Å². The molecule has 2 aliphatic rings. The van der Waals surface area contributed by atoms with Crippen LogP contribution in [0.5, 0.6) is 0 Å². The highest BCUT2D eigenvalue weighted by Gasteiger charge is 2.36. The molecule has 0 aliphatic carbocycles. The van der Waals surface area contributed by atoms with E-state index in [1.54, 1.807) is 0 Å². The lowest BCUT2D eigenvalue weighted by Gasteiger charge is -2.38. The largest absolute Gasteiger partial charge is 0.316 e. The minimum absolute atomic E-state index is 0.660. The van der Waals surface area contributed by atoms with Crippen LogP contribution >= 0.6 is 0 Å². The monoisotopic (exact) mass is 154 g/mol. The Labute approximate surface area is 69.0 Å². The molecule has 2 rings (SSSR count). The van der Waals surface area contributed by atoms with Crippen LogP contribution in [-0.2, 0) is 0 Å². The zero-order chi connectivity index (χ0) is 7.73. The van der Waals surface area contributed by atoms with E-state index in [1.807, 2.05) is 0 Å². The van der Waals surface area contributed by atoms with Crippen LogP contribution in [-0.4, -0.2) is 38.1 Å². The SMILES string of the molecule is CN1CCC[C@]2(CCNC2)C1. The highest BCUT2D eigenvalue weighted by Crippen LogP contribution is 2.34. The van der Waals surface area contributed by atoms with Gasteiger partial charge in [-0.15, -0.1) is 0 Å². The Morgan fingerprint density at radius 3 is 2.91 bits per heavy atom. The standard InChI is InChI=1S/C9H18N2/c1-11-6-2-3-9(8-11)4-5-10-7-9/h10H,2-8H2,1H3/t9-/m1/s1. The van der Waals surface area contributed by atoms with Gasteiger partial charge in [0.25, 0.3) is 0 Å². The quantitative estimate of drug-likeness (QED) is 0.552. The lowest BCUT2D eigenvalue weighted by Crippen LogP contribution is -2.42. The van der Waals surface area contributed by atoms with E-state index < -0.39 is 0 Å². The third-order valence-corrected chi connectivity index (χ3v) is 3.18. The van der Waals surface area contributed by atoms with E-state index in [1.165, 1.54) is 45.4 Å². The highest BCUT2D eigenvalue weighted by atomic mass is 15.1. The Hall–Kier alpha value is -0.0800. The van der Waals surface area contributed by atoms with Gasteiger partial charge < -0.3 is 10.2 Å². The van der Waals surface area contributed by atoms with Gasteiger partial charge >= 0.3 is 0 Å². The van der Waals surface area contributed by atoms with Gasteiger partial charge in [-0.1, -0.05) is 0 Å². The van der Waals surface area contributed by atoms with Crippen LogP contribution in [0, 0.1) is 5.41 Å². The maximum absolute atomic E-state index is 3.48. The predicted octanol–water partition coefficient (Wildman–Crippen LogP) is 0.692. The van der Waals surface area contributed by atoms with E-state index in [0.717, 1.165) is 0 Å². The molecule has 0 saturated carbocycles. The number of likely N-dealkylation sites (tertiary alicyclic amines) is 1. The molecule has 2 heterocycles. The summed E-state index contributed by atoms with van der Waals surface area (Å²) in [5, 5.41) is 3.48. The Morgan fingerprint density at radius 1 is 1.36 bits per heavy atom. The molecule has 0 aromatic carbocycles. The second-order valence-electron chi connectivity index (χ2n) is 4.27. The van der Waals surface area contributed by atoms with Crippen molar-refractivity contribution in [2.24, 2.45) is 5.41 Å². The maximum atomic E-state index is 3.48. The van der Waals surface area contributed by atoms with Crippen molar-refractivity contribution in [2.75, 3.05) is 33.2 Å². The van der Waals surface area contributed by atoms with E-state index >= 15 is 0 Å². The van der Waals surface area contributed by atoms with Gasteiger partial charge in [-0.2, -0.15) is 0 Å². The number of nitrogens with zero attached hydrogens (tertiary/aromatic N) is 1. The number of hydrogen-bond acceptors (Lipinski definition) is 2. The molecule has 0 amide bonds. The van der Waals surface area contributed by atoms with Gasteiger partial charge in [-0.25, -0.2) is 0 Å². The first-order valence-corrected chi connectivity index (χ1v) is 4.70. The van der Waals surface area contributed by atoms with Crippen molar-refractivity contribution in [1.29, 1.82) is 0 Å². The molecule has 2 heteroatoms. The van der Waals surface area contributed by atoms with Crippen LogP contribution < -0.4 is 5.32 Å². The van der Waals surface area contributed by atoms with Crippen molar-refractivity contribution in [1.82, 2.24) is 10.2 Å². The zero-order valence-corrected chi connectivity index (χ0v) is 7.40. The summed E-state index contributed by atoms with van der Waals surface area (Å²) in [5.41, 5.74) is 0.660. The second-order valence-corrected chi connectivity index (χ2v) is 4.27. The van der Waals surface area contributed by atoms with Crippen molar-refractivity contribution in [3.05, 3.63) is 0 Å². The molecule has 0 aromatic rings. The first-order chi connectivity index (χ1) is 5.31. The minimum Gasteiger partial charge on any atom is -0.316 e. The van der Waals surface area contributed by atoms with Gasteiger partial charge in [0.15, 0.2) is 0 Å². The molecule has 0 unspecified atom stereocenters. The van der Waals surface area contributed by atoms with Crippen molar-refractivity contribution >= 4 is 0 Å². The lowest BCUT2D eigenvalue weighted by molar-refractivity contribution is 0.126. The van der Waals surface area contributed by atoms with Crippen molar-refractivity contribution in [3.8, 4) is 0 Å². The smallest absolute Gasteiger partial charge is 0.00476 e. The molecular formula is C9H18N2. The molecule has 64 valence electrons. The topological polar surface area (TPSA) is 15.3 Å². The molecule has 0 bridgehead atoms. The molecule has 11 heavy (non-hydrogen) atoms. The molecule has 2 fully saturated rings. The van der Waals surface area contributed by atoms with Crippen molar-refractivity contribution in [3.63, 3.8) is 0 Å². The lowest BCUT2D eigenvalue weighted by atomic mass is 9.79. The van der Waals surface area contributed by atoms with E-state index in [9.17, 15) is 0 Å². The third-order valence-electron chi connectivity index (χ3n) is 3.18. The fourth-order valence-electron chi connectivity index (χ4n) is 2.60. The van der Waals surface area contributed by atoms with Gasteiger partial charge in [-0.3, -0.25) is 0 Å². The molecule has 2 aliphatic heterocycles. The van der Waals surface area contributed by atoms with Crippen LogP contribution in [0.3, 0.4) is 0 Å². The average molecular weight is 154 g/mol. The molecule has 0 radical (unpaired) electrons. The Bertz CT molecular complexity index is 138. The van der Waals surface area contributed by atoms with Crippen molar-refractivity contribution in [2.45, 2.75) is 19.3 Å². The Balaban J connectivity index is 2.00. The molecule has 1 N–H and O–H groups in total. The van der Waals surface area contributed by atoms with Crippen LogP contribution in [0.4, 0.5) is 0 Å². The second kappa shape index (κ2) is 2.76. The zero-order valence-electron chi connectivity index (χ0n) is 7.40. The van der Waals surface area contributed by atoms with E-state index in [2.05, 4.69) is 17.3 Å². The summed E-state index contributed by atoms with van der Waals surface area (Å²) < 4.78 is 0. The number of rotatable bonds is 0. The van der Waals surface area contributed by atoms with Crippen LogP contribution in [0.25, 0.3) is 0 Å². The number of piperidine rings is 1. The summed E-state index contributed by atoms with van der Waals surface area (Å²) in [5.74, 6) is 0. The molecule has 0 aromatic heterocycles. The van der Waals surface area contributed by atoms with Crippen LogP contribution in [0.15, 0.2) is 0 Å². The number of nitrogens with one attached hydrogen (secondary N) is 1. The predicted molar refractivity (Wildman–Crippen MR) is 46.7 cm³/mol. The Kier molecular flexibility index (Phi) is 1.90. The third kappa shape index (κ3) is 1.42. The molecular weight excluding hydrogens is 136 g/mol. The normalized spacial score (nSPS) is 40.1. The van der Waals surface area contributed by atoms with E-state index in [0.29, 0.717) is 5.41 Å². The maximum Gasteiger partial charge on any atom is 0.00476 e. The van der Waals surface area contributed by atoms with E-state index in [-0.39, 0.29) is 0 Å². The van der Waals surface area contributed by atoms with E-state index in [4.69, 9.17) is 0 Å². The first kappa shape index (κ1) is 7.56. The van der Waals surface area contributed by atoms with Gasteiger partial charge in [0.05, 0.1) is 0 Å². The summed E-state index contributed by atoms with van der Waals surface area (Å²) in [6.45, 7) is 5.13. The summed E-state index contributed by atoms with van der Waals surface area (Å²) in [7, 11) is 2.25.